The van der Waals surface area contributed by atoms with E-state index in [0.717, 1.165) is 35.7 Å². The molecule has 2 atom stereocenters. The number of hydrogen-bond donors (Lipinski definition) is 1. The first-order chi connectivity index (χ1) is 12.0. The number of thioether (sulfide) groups is 1. The van der Waals surface area contributed by atoms with Gasteiger partial charge in [-0.2, -0.15) is 0 Å². The zero-order valence-corrected chi connectivity index (χ0v) is 15.1. The second kappa shape index (κ2) is 6.52. The number of nitrogens with zero attached hydrogens (tertiary/aromatic N) is 1. The average Bonchev–Trinajstić information content (AvgIpc) is 3.13. The number of rotatable bonds is 3. The third-order valence-electron chi connectivity index (χ3n) is 4.35. The van der Waals surface area contributed by atoms with Crippen molar-refractivity contribution >= 4 is 46.1 Å². The normalized spacial score (nSPS) is 22.0. The van der Waals surface area contributed by atoms with Gasteiger partial charge in [0, 0.05) is 18.3 Å². The maximum Gasteiger partial charge on any atom is 0.286 e. The van der Waals surface area contributed by atoms with Crippen LogP contribution >= 0.6 is 35.0 Å². The topological polar surface area (TPSA) is 68.3 Å². The molecule has 0 spiro atoms. The molecule has 5 nitrogen and oxygen atoms in total. The Labute approximate surface area is 158 Å². The van der Waals surface area contributed by atoms with E-state index in [0.29, 0.717) is 21.5 Å². The first-order valence-corrected chi connectivity index (χ1v) is 9.27. The van der Waals surface area contributed by atoms with Gasteiger partial charge in [0.05, 0.1) is 0 Å². The van der Waals surface area contributed by atoms with E-state index in [1.54, 1.807) is 0 Å². The fourth-order valence-corrected chi connectivity index (χ4v) is 4.70. The lowest BCUT2D eigenvalue weighted by atomic mass is 9.97. The fourth-order valence-electron chi connectivity index (χ4n) is 3.25. The highest BCUT2D eigenvalue weighted by Crippen LogP contribution is 2.44. The number of carbonyl (C=O) groups excluding carboxylic acids is 2. The van der Waals surface area contributed by atoms with E-state index in [1.165, 1.54) is 12.4 Å². The number of benzene rings is 1. The highest BCUT2D eigenvalue weighted by atomic mass is 35.5. The van der Waals surface area contributed by atoms with Gasteiger partial charge in [0.1, 0.15) is 21.0 Å². The molecule has 0 bridgehead atoms. The molecule has 1 fully saturated rings. The third kappa shape index (κ3) is 3.10. The Morgan fingerprint density at radius 1 is 1.20 bits per heavy atom. The molecule has 25 heavy (non-hydrogen) atoms. The summed E-state index contributed by atoms with van der Waals surface area (Å²) in [6.45, 7) is 0. The molecule has 4 rings (SSSR count). The first kappa shape index (κ1) is 16.7. The second-order valence-electron chi connectivity index (χ2n) is 5.86. The van der Waals surface area contributed by atoms with Crippen LogP contribution < -0.4 is 10.1 Å². The number of aromatic nitrogens is 1. The molecule has 1 N–H and O–H groups in total. The zero-order valence-electron chi connectivity index (χ0n) is 12.8. The van der Waals surface area contributed by atoms with E-state index in [2.05, 4.69) is 10.3 Å². The van der Waals surface area contributed by atoms with Crippen LogP contribution in [-0.2, 0) is 11.2 Å². The quantitative estimate of drug-likeness (QED) is 0.825. The molecule has 1 saturated heterocycles. The van der Waals surface area contributed by atoms with Crippen LogP contribution in [0, 0.1) is 0 Å². The summed E-state index contributed by atoms with van der Waals surface area (Å²) >= 11 is 13.2. The van der Waals surface area contributed by atoms with Gasteiger partial charge in [-0.05, 0) is 36.1 Å². The van der Waals surface area contributed by atoms with Gasteiger partial charge in [-0.3, -0.25) is 19.9 Å². The van der Waals surface area contributed by atoms with Crippen molar-refractivity contribution in [1.82, 2.24) is 10.3 Å². The van der Waals surface area contributed by atoms with Crippen LogP contribution in [-0.4, -0.2) is 21.4 Å². The summed E-state index contributed by atoms with van der Waals surface area (Å²) < 4.78 is 5.82. The number of carbonyl (C=O) groups is 2. The lowest BCUT2D eigenvalue weighted by molar-refractivity contribution is -0.119. The Kier molecular flexibility index (Phi) is 4.35. The SMILES string of the molecule is O=C1NC(=O)C([C@@H]2CCc3cc(Oc4c(Cl)cncc4Cl)ccc32)S1. The van der Waals surface area contributed by atoms with Crippen LogP contribution in [0.15, 0.2) is 30.6 Å². The lowest BCUT2D eigenvalue weighted by Gasteiger charge is -2.16. The molecule has 2 amide bonds. The van der Waals surface area contributed by atoms with Crippen molar-refractivity contribution in [3.63, 3.8) is 0 Å². The number of ether oxygens (including phenoxy) is 1. The monoisotopic (exact) mass is 394 g/mol. The molecule has 2 aromatic rings. The minimum absolute atomic E-state index is 0.0357. The van der Waals surface area contributed by atoms with Gasteiger partial charge in [0.25, 0.3) is 5.24 Å². The van der Waals surface area contributed by atoms with Crippen molar-refractivity contribution in [1.29, 1.82) is 0 Å². The molecule has 1 aliphatic heterocycles. The van der Waals surface area contributed by atoms with Gasteiger partial charge < -0.3 is 4.74 Å². The summed E-state index contributed by atoms with van der Waals surface area (Å²) in [7, 11) is 0. The highest BCUT2D eigenvalue weighted by molar-refractivity contribution is 8.15. The minimum Gasteiger partial charge on any atom is -0.454 e. The van der Waals surface area contributed by atoms with Crippen LogP contribution in [0.1, 0.15) is 23.5 Å². The smallest absolute Gasteiger partial charge is 0.286 e. The molecule has 0 saturated carbocycles. The minimum atomic E-state index is -0.357. The molecule has 1 aliphatic carbocycles. The zero-order chi connectivity index (χ0) is 17.6. The number of nitrogens with one attached hydrogen (secondary N) is 1. The van der Waals surface area contributed by atoms with Crippen molar-refractivity contribution in [3.8, 4) is 11.5 Å². The van der Waals surface area contributed by atoms with Crippen LogP contribution in [0.4, 0.5) is 4.79 Å². The van der Waals surface area contributed by atoms with E-state index < -0.39 is 0 Å². The maximum atomic E-state index is 12.0. The summed E-state index contributed by atoms with van der Waals surface area (Å²) in [5.41, 5.74) is 2.19. The van der Waals surface area contributed by atoms with Crippen LogP contribution in [0.2, 0.25) is 10.0 Å². The fraction of sp³-hybridized carbons (Fsp3) is 0.235. The molecular weight excluding hydrogens is 383 g/mol. The number of pyridine rings is 1. The van der Waals surface area contributed by atoms with Gasteiger partial charge in [-0.1, -0.05) is 41.0 Å². The van der Waals surface area contributed by atoms with Crippen molar-refractivity contribution < 1.29 is 14.3 Å². The van der Waals surface area contributed by atoms with Crippen LogP contribution in [0.25, 0.3) is 0 Å². The summed E-state index contributed by atoms with van der Waals surface area (Å²) in [5.74, 6) is 0.815. The van der Waals surface area contributed by atoms with Gasteiger partial charge in [0.2, 0.25) is 5.91 Å². The molecule has 8 heteroatoms. The van der Waals surface area contributed by atoms with Crippen molar-refractivity contribution in [2.75, 3.05) is 0 Å². The average molecular weight is 395 g/mol. The molecule has 1 aromatic heterocycles. The number of imide groups is 1. The van der Waals surface area contributed by atoms with Crippen molar-refractivity contribution in [3.05, 3.63) is 51.8 Å². The number of aryl methyl sites for hydroxylation is 1. The van der Waals surface area contributed by atoms with E-state index in [9.17, 15) is 9.59 Å². The molecule has 1 aromatic carbocycles. The highest BCUT2D eigenvalue weighted by Gasteiger charge is 2.41. The molecule has 2 aliphatic rings. The van der Waals surface area contributed by atoms with E-state index in [1.807, 2.05) is 18.2 Å². The Balaban J connectivity index is 1.60. The van der Waals surface area contributed by atoms with Crippen LogP contribution in [0.3, 0.4) is 0 Å². The number of hydrogen-bond acceptors (Lipinski definition) is 5. The van der Waals surface area contributed by atoms with Gasteiger partial charge in [-0.25, -0.2) is 0 Å². The summed E-state index contributed by atoms with van der Waals surface area (Å²) in [5, 5.41) is 2.40. The predicted molar refractivity (Wildman–Crippen MR) is 96.8 cm³/mol. The van der Waals surface area contributed by atoms with E-state index in [4.69, 9.17) is 27.9 Å². The molecule has 0 radical (unpaired) electrons. The molecule has 1 unspecified atom stereocenters. The summed E-state index contributed by atoms with van der Waals surface area (Å²) in [4.78, 5) is 27.3. The second-order valence-corrected chi connectivity index (χ2v) is 7.78. The van der Waals surface area contributed by atoms with Gasteiger partial charge >= 0.3 is 0 Å². The standard InChI is InChI=1S/C17H12Cl2N2O3S/c18-12-6-20-7-13(19)14(12)24-9-2-4-10-8(5-9)1-3-11(10)15-16(22)21-17(23)25-15/h2,4-7,11,15H,1,3H2,(H,21,22,23)/t11-,15?/m1/s1. The van der Waals surface area contributed by atoms with Gasteiger partial charge in [0.15, 0.2) is 5.75 Å². The van der Waals surface area contributed by atoms with Crippen LogP contribution in [0.5, 0.6) is 11.5 Å². The Hall–Kier alpha value is -1.76. The Bertz CT molecular complexity index is 870. The van der Waals surface area contributed by atoms with Gasteiger partial charge in [-0.15, -0.1) is 0 Å². The molecular formula is C17H12Cl2N2O3S. The number of amides is 2. The molecule has 128 valence electrons. The lowest BCUT2D eigenvalue weighted by Crippen LogP contribution is -2.27. The third-order valence-corrected chi connectivity index (χ3v) is 6.00. The predicted octanol–water partition coefficient (Wildman–Crippen LogP) is 4.56. The van der Waals surface area contributed by atoms with Crippen molar-refractivity contribution in [2.45, 2.75) is 24.0 Å². The number of halogens is 2. The Morgan fingerprint density at radius 2 is 1.96 bits per heavy atom. The summed E-state index contributed by atoms with van der Waals surface area (Å²) in [6.07, 6.45) is 4.60. The van der Waals surface area contributed by atoms with E-state index >= 15 is 0 Å². The van der Waals surface area contributed by atoms with E-state index in [-0.39, 0.29) is 22.3 Å². The molecule has 2 heterocycles. The summed E-state index contributed by atoms with van der Waals surface area (Å²) in [6, 6.07) is 5.70. The maximum absolute atomic E-state index is 12.0. The first-order valence-electron chi connectivity index (χ1n) is 7.64. The largest absolute Gasteiger partial charge is 0.454 e. The Morgan fingerprint density at radius 3 is 2.64 bits per heavy atom. The van der Waals surface area contributed by atoms with Crippen molar-refractivity contribution in [2.24, 2.45) is 0 Å². The number of fused-ring (bicyclic) bond motifs is 1.